The molecule has 2 aromatic carbocycles. The van der Waals surface area contributed by atoms with E-state index in [9.17, 15) is 24.0 Å². The van der Waals surface area contributed by atoms with Crippen molar-refractivity contribution in [2.24, 2.45) is 0 Å². The first-order chi connectivity index (χ1) is 33.5. The van der Waals surface area contributed by atoms with Gasteiger partial charge in [-0.1, -0.05) is 89.5 Å². The molecule has 0 aliphatic carbocycles. The molecule has 1 N–H and O–H groups in total. The summed E-state index contributed by atoms with van der Waals surface area (Å²) < 4.78 is 14.4. The standard InChI is InChI=1S/C54H78N8O7/c1-5-7-9-11-13-19-49(63)68-38-61-37-44-34-41(33-40(3)51(44)56-61)35-47(53(66)59-31-29-58(30-32-59)45-23-25-57(4)26-24-45)55-54(67)60-27-21-42(22-28-60)46-36-43-17-15-16-18-48(43)62(52(46)65)39-69-50(64)20-14-12-10-8-6-2/h15-18,33-34,36-37,42,45,47H,5-14,19-32,35,38-39H2,1-4H3,(H,55,67)/t47-/m1/s1. The van der Waals surface area contributed by atoms with Gasteiger partial charge in [-0.05, 0) is 106 Å². The van der Waals surface area contributed by atoms with E-state index in [1.54, 1.807) is 14.1 Å². The van der Waals surface area contributed by atoms with Crippen molar-refractivity contribution in [2.45, 2.75) is 161 Å². The van der Waals surface area contributed by atoms with Gasteiger partial charge in [-0.2, -0.15) is 5.10 Å². The number of aryl methyl sites for hydroxylation is 1. The number of piperazine rings is 1. The third-order valence-electron chi connectivity index (χ3n) is 14.7. The molecule has 0 saturated carbocycles. The van der Waals surface area contributed by atoms with Crippen LogP contribution in [0.5, 0.6) is 0 Å². The Kier molecular flexibility index (Phi) is 19.1. The highest BCUT2D eigenvalue weighted by molar-refractivity contribution is 5.88. The summed E-state index contributed by atoms with van der Waals surface area (Å²) in [6.45, 7) is 12.0. The van der Waals surface area contributed by atoms with Gasteiger partial charge in [0.05, 0.1) is 11.0 Å². The van der Waals surface area contributed by atoms with Crippen molar-refractivity contribution in [2.75, 3.05) is 59.4 Å². The molecule has 4 aromatic rings. The predicted octanol–water partition coefficient (Wildman–Crippen LogP) is 8.12. The molecule has 1 atom stereocenters. The zero-order chi connectivity index (χ0) is 48.7. The Morgan fingerprint density at radius 2 is 1.36 bits per heavy atom. The third kappa shape index (κ3) is 14.2. The molecule has 3 aliphatic rings. The number of pyridine rings is 1. The fourth-order valence-electron chi connectivity index (χ4n) is 10.5. The molecular weight excluding hydrogens is 873 g/mol. The van der Waals surface area contributed by atoms with Gasteiger partial charge in [0.25, 0.3) is 5.56 Å². The van der Waals surface area contributed by atoms with Crippen LogP contribution in [0.1, 0.15) is 139 Å². The topological polar surface area (TPSA) is 152 Å². The average Bonchev–Trinajstić information content (AvgIpc) is 3.79. The van der Waals surface area contributed by atoms with E-state index < -0.39 is 6.04 Å². The van der Waals surface area contributed by atoms with E-state index in [2.05, 4.69) is 36.0 Å². The Morgan fingerprint density at radius 1 is 0.725 bits per heavy atom. The predicted molar refractivity (Wildman–Crippen MR) is 270 cm³/mol. The van der Waals surface area contributed by atoms with Gasteiger partial charge in [0.1, 0.15) is 6.04 Å². The molecule has 2 aromatic heterocycles. The van der Waals surface area contributed by atoms with Crippen molar-refractivity contribution in [3.8, 4) is 0 Å². The number of nitrogens with zero attached hydrogens (tertiary/aromatic N) is 7. The van der Waals surface area contributed by atoms with Crippen LogP contribution in [-0.2, 0) is 43.7 Å². The Morgan fingerprint density at radius 3 is 2.03 bits per heavy atom. The lowest BCUT2D eigenvalue weighted by Gasteiger charge is -2.43. The lowest BCUT2D eigenvalue weighted by atomic mass is 9.89. The van der Waals surface area contributed by atoms with Gasteiger partial charge < -0.3 is 29.5 Å². The number of hydrogen-bond acceptors (Lipinski definition) is 10. The van der Waals surface area contributed by atoms with Gasteiger partial charge in [-0.3, -0.25) is 28.6 Å². The van der Waals surface area contributed by atoms with Crippen molar-refractivity contribution in [3.05, 3.63) is 75.7 Å². The van der Waals surface area contributed by atoms with Gasteiger partial charge in [0.2, 0.25) is 5.91 Å². The van der Waals surface area contributed by atoms with E-state index in [1.807, 2.05) is 60.5 Å². The van der Waals surface area contributed by atoms with E-state index >= 15 is 0 Å². The summed E-state index contributed by atoms with van der Waals surface area (Å²) in [6, 6.07) is 13.1. The van der Waals surface area contributed by atoms with Gasteiger partial charge in [0, 0.05) is 81.7 Å². The van der Waals surface area contributed by atoms with E-state index in [0.717, 1.165) is 124 Å². The molecule has 69 heavy (non-hydrogen) atoms. The molecule has 15 nitrogen and oxygen atoms in total. The molecule has 0 spiro atoms. The number of benzene rings is 2. The maximum absolute atomic E-state index is 14.6. The van der Waals surface area contributed by atoms with Gasteiger partial charge >= 0.3 is 18.0 Å². The van der Waals surface area contributed by atoms with Crippen LogP contribution in [0, 0.1) is 6.92 Å². The van der Waals surface area contributed by atoms with E-state index in [1.165, 1.54) is 6.42 Å². The number of urea groups is 1. The molecule has 0 bridgehead atoms. The number of fused-ring (bicyclic) bond motifs is 2. The highest BCUT2D eigenvalue weighted by atomic mass is 16.5. The molecule has 3 saturated heterocycles. The van der Waals surface area contributed by atoms with Crippen molar-refractivity contribution in [3.63, 3.8) is 0 Å². The van der Waals surface area contributed by atoms with E-state index in [0.29, 0.717) is 75.4 Å². The molecular formula is C54H78N8O7. The smallest absolute Gasteiger partial charge is 0.318 e. The monoisotopic (exact) mass is 951 g/mol. The summed E-state index contributed by atoms with van der Waals surface area (Å²) in [5, 5.41) is 9.66. The molecule has 7 rings (SSSR count). The molecule has 3 amide bonds. The summed E-state index contributed by atoms with van der Waals surface area (Å²) >= 11 is 0. The third-order valence-corrected chi connectivity index (χ3v) is 14.7. The van der Waals surface area contributed by atoms with Crippen LogP contribution in [0.4, 0.5) is 4.79 Å². The van der Waals surface area contributed by atoms with Crippen LogP contribution in [0.15, 0.2) is 53.5 Å². The summed E-state index contributed by atoms with van der Waals surface area (Å²) in [4.78, 5) is 76.8. The first-order valence-electron chi connectivity index (χ1n) is 26.2. The lowest BCUT2D eigenvalue weighted by Crippen LogP contribution is -2.59. The zero-order valence-electron chi connectivity index (χ0n) is 41.9. The number of ether oxygens (including phenoxy) is 2. The minimum atomic E-state index is -0.804. The van der Waals surface area contributed by atoms with Gasteiger partial charge in [-0.25, -0.2) is 9.48 Å². The summed E-state index contributed by atoms with van der Waals surface area (Å²) in [7, 11) is 2.17. The number of carbonyl (C=O) groups excluding carboxylic acids is 4. The zero-order valence-corrected chi connectivity index (χ0v) is 41.9. The van der Waals surface area contributed by atoms with Crippen LogP contribution < -0.4 is 10.9 Å². The number of likely N-dealkylation sites (tertiary alicyclic amines) is 2. The van der Waals surface area contributed by atoms with E-state index in [4.69, 9.17) is 14.6 Å². The Hall–Kier alpha value is -5.28. The molecule has 3 aliphatic heterocycles. The Bertz CT molecular complexity index is 2390. The normalized spacial score (nSPS) is 17.1. The molecule has 0 radical (unpaired) electrons. The van der Waals surface area contributed by atoms with Gasteiger partial charge in [0.15, 0.2) is 13.5 Å². The maximum Gasteiger partial charge on any atom is 0.318 e. The molecule has 0 unspecified atom stereocenters. The first kappa shape index (κ1) is 51.6. The molecule has 15 heteroatoms. The second kappa shape index (κ2) is 25.5. The first-order valence-corrected chi connectivity index (χ1v) is 26.2. The second-order valence-electron chi connectivity index (χ2n) is 19.9. The van der Waals surface area contributed by atoms with Crippen molar-refractivity contribution < 1.29 is 28.7 Å². The lowest BCUT2D eigenvalue weighted by molar-refractivity contribution is -0.148. The van der Waals surface area contributed by atoms with Crippen molar-refractivity contribution in [1.82, 2.24) is 39.3 Å². The fourth-order valence-corrected chi connectivity index (χ4v) is 10.5. The minimum Gasteiger partial charge on any atom is -0.444 e. The highest BCUT2D eigenvalue weighted by Crippen LogP contribution is 2.29. The second-order valence-corrected chi connectivity index (χ2v) is 19.9. The van der Waals surface area contributed by atoms with Crippen LogP contribution in [0.3, 0.4) is 0 Å². The molecule has 5 heterocycles. The molecule has 376 valence electrons. The fraction of sp³-hybridized carbons (Fsp3) is 0.630. The Balaban J connectivity index is 1.01. The van der Waals surface area contributed by atoms with Crippen LogP contribution in [0.25, 0.3) is 21.8 Å². The van der Waals surface area contributed by atoms with Crippen molar-refractivity contribution in [1.29, 1.82) is 0 Å². The largest absolute Gasteiger partial charge is 0.444 e. The molecule has 3 fully saturated rings. The number of aromatic nitrogens is 3. The van der Waals surface area contributed by atoms with Crippen molar-refractivity contribution >= 4 is 45.7 Å². The number of para-hydroxylation sites is 1. The number of nitrogens with one attached hydrogen (secondary N) is 1. The van der Waals surface area contributed by atoms with Crippen LogP contribution in [-0.4, -0.2) is 129 Å². The quantitative estimate of drug-likeness (QED) is 0.0605. The number of piperidine rings is 2. The maximum atomic E-state index is 14.6. The average molecular weight is 951 g/mol. The number of carbonyl (C=O) groups is 4. The van der Waals surface area contributed by atoms with Crippen LogP contribution in [0.2, 0.25) is 0 Å². The number of esters is 2. The highest BCUT2D eigenvalue weighted by Gasteiger charge is 2.34. The summed E-state index contributed by atoms with van der Waals surface area (Å²) in [5.41, 5.74) is 3.81. The Labute approximate surface area is 408 Å². The van der Waals surface area contributed by atoms with Crippen LogP contribution >= 0.6 is 0 Å². The number of amides is 3. The summed E-state index contributed by atoms with van der Waals surface area (Å²) in [5.74, 6) is -0.721. The van der Waals surface area contributed by atoms with E-state index in [-0.39, 0.29) is 48.8 Å². The number of hydrogen-bond donors (Lipinski definition) is 1. The number of unbranched alkanes of at least 4 members (excludes halogenated alkanes) is 8. The number of rotatable bonds is 22. The minimum absolute atomic E-state index is 0.0281. The van der Waals surface area contributed by atoms with Gasteiger partial charge in [-0.15, -0.1) is 0 Å². The SMILES string of the molecule is CCCCCCCC(=O)OCn1cc2cc(C[C@@H](NC(=O)N3CCC(c4cc5ccccc5n(COC(=O)CCCCCCC)c4=O)CC3)C(=O)N3CCN(C4CCN(C)CC4)CC3)cc(C)c2n1. The summed E-state index contributed by atoms with van der Waals surface area (Å²) in [6.07, 6.45) is 16.7.